The number of fused-ring (bicyclic) bond motifs is 1. The lowest BCUT2D eigenvalue weighted by Crippen LogP contribution is -2.08. The highest BCUT2D eigenvalue weighted by Crippen LogP contribution is 2.15. The van der Waals surface area contributed by atoms with Crippen LogP contribution in [0.25, 0.3) is 5.65 Å². The number of benzene rings is 1. The van der Waals surface area contributed by atoms with Gasteiger partial charge < -0.3 is 11.1 Å². The van der Waals surface area contributed by atoms with Crippen molar-refractivity contribution in [2.45, 2.75) is 20.0 Å². The van der Waals surface area contributed by atoms with E-state index in [1.807, 2.05) is 35.7 Å². The number of rotatable bonds is 4. The van der Waals surface area contributed by atoms with Crippen molar-refractivity contribution in [1.29, 1.82) is 0 Å². The van der Waals surface area contributed by atoms with Gasteiger partial charge in [0.25, 0.3) is 0 Å². The van der Waals surface area contributed by atoms with Gasteiger partial charge in [-0.2, -0.15) is 0 Å². The van der Waals surface area contributed by atoms with E-state index < -0.39 is 0 Å². The van der Waals surface area contributed by atoms with E-state index in [0.717, 1.165) is 28.4 Å². The minimum Gasteiger partial charge on any atom is -0.363 e. The average Bonchev–Trinajstić information content (AvgIpc) is 2.88. The highest BCUT2D eigenvalue weighted by molar-refractivity contribution is 5.62. The molecule has 3 aromatic rings. The number of hydrogen-bond donors (Lipinski definition) is 2. The Morgan fingerprint density at radius 3 is 2.80 bits per heavy atom. The third kappa shape index (κ3) is 2.21. The third-order valence-electron chi connectivity index (χ3n) is 3.28. The summed E-state index contributed by atoms with van der Waals surface area (Å²) in [6.07, 6.45) is 3.59. The van der Waals surface area contributed by atoms with Gasteiger partial charge in [0, 0.05) is 25.5 Å². The van der Waals surface area contributed by atoms with Crippen molar-refractivity contribution in [2.24, 2.45) is 5.73 Å². The smallest absolute Gasteiger partial charge is 0.203 e. The number of nitrogens with one attached hydrogen (secondary N) is 1. The van der Waals surface area contributed by atoms with E-state index in [-0.39, 0.29) is 0 Å². The van der Waals surface area contributed by atoms with Crippen LogP contribution in [0.4, 0.5) is 5.82 Å². The second-order valence-electron chi connectivity index (χ2n) is 4.54. The first-order valence-electron chi connectivity index (χ1n) is 6.46. The molecule has 0 saturated heterocycles. The summed E-state index contributed by atoms with van der Waals surface area (Å²) in [5.41, 5.74) is 8.77. The van der Waals surface area contributed by atoms with Crippen molar-refractivity contribution in [3.8, 4) is 0 Å². The predicted molar refractivity (Wildman–Crippen MR) is 77.2 cm³/mol. The van der Waals surface area contributed by atoms with Crippen molar-refractivity contribution in [1.82, 2.24) is 19.6 Å². The van der Waals surface area contributed by atoms with Gasteiger partial charge in [-0.05, 0) is 18.1 Å². The summed E-state index contributed by atoms with van der Waals surface area (Å²) in [5.74, 6) is 1.56. The first-order chi connectivity index (χ1) is 9.79. The molecule has 0 radical (unpaired) electrons. The summed E-state index contributed by atoms with van der Waals surface area (Å²) in [7, 11) is 0. The average molecular weight is 268 g/mol. The lowest BCUT2D eigenvalue weighted by atomic mass is 10.1. The molecule has 20 heavy (non-hydrogen) atoms. The standard InChI is InChI=1S/C14H16N6/c1-10-18-19-14-13(16-6-7-20(10)14)17-9-12-5-3-2-4-11(12)8-15/h2-7H,8-9,15H2,1H3,(H,16,17). The van der Waals surface area contributed by atoms with Gasteiger partial charge in [0.1, 0.15) is 5.82 Å². The quantitative estimate of drug-likeness (QED) is 0.749. The van der Waals surface area contributed by atoms with Crippen LogP contribution in [0.3, 0.4) is 0 Å². The van der Waals surface area contributed by atoms with Crippen LogP contribution in [0.5, 0.6) is 0 Å². The molecule has 0 aliphatic carbocycles. The van der Waals surface area contributed by atoms with E-state index in [4.69, 9.17) is 5.73 Å². The molecule has 3 N–H and O–H groups in total. The fourth-order valence-electron chi connectivity index (χ4n) is 2.17. The van der Waals surface area contributed by atoms with Crippen LogP contribution in [0.2, 0.25) is 0 Å². The van der Waals surface area contributed by atoms with Crippen molar-refractivity contribution in [3.63, 3.8) is 0 Å². The van der Waals surface area contributed by atoms with Crippen LogP contribution in [0, 0.1) is 6.92 Å². The Labute approximate surface area is 116 Å². The molecule has 2 aromatic heterocycles. The Hall–Kier alpha value is -2.47. The zero-order valence-corrected chi connectivity index (χ0v) is 11.2. The summed E-state index contributed by atoms with van der Waals surface area (Å²) in [5, 5.41) is 11.5. The molecule has 0 saturated carbocycles. The molecule has 2 heterocycles. The van der Waals surface area contributed by atoms with Gasteiger partial charge in [-0.1, -0.05) is 24.3 Å². The van der Waals surface area contributed by atoms with Crippen LogP contribution >= 0.6 is 0 Å². The molecule has 1 aromatic carbocycles. The zero-order valence-electron chi connectivity index (χ0n) is 11.2. The van der Waals surface area contributed by atoms with E-state index in [9.17, 15) is 0 Å². The fraction of sp³-hybridized carbons (Fsp3) is 0.214. The molecule has 0 unspecified atom stereocenters. The Kier molecular flexibility index (Phi) is 3.30. The molecular formula is C14H16N6. The lowest BCUT2D eigenvalue weighted by Gasteiger charge is -2.10. The lowest BCUT2D eigenvalue weighted by molar-refractivity contribution is 0.990. The molecule has 0 amide bonds. The van der Waals surface area contributed by atoms with Crippen molar-refractivity contribution in [2.75, 3.05) is 5.32 Å². The van der Waals surface area contributed by atoms with Crippen molar-refractivity contribution in [3.05, 3.63) is 53.6 Å². The molecular weight excluding hydrogens is 252 g/mol. The Morgan fingerprint density at radius 1 is 1.20 bits per heavy atom. The van der Waals surface area contributed by atoms with E-state index in [1.165, 1.54) is 0 Å². The number of nitrogens with zero attached hydrogens (tertiary/aromatic N) is 4. The molecule has 102 valence electrons. The van der Waals surface area contributed by atoms with Gasteiger partial charge in [-0.3, -0.25) is 4.40 Å². The van der Waals surface area contributed by atoms with Crippen molar-refractivity contribution < 1.29 is 0 Å². The van der Waals surface area contributed by atoms with E-state index in [0.29, 0.717) is 13.1 Å². The normalized spacial score (nSPS) is 10.9. The minimum atomic E-state index is 0.527. The number of aromatic nitrogens is 4. The molecule has 0 aliphatic heterocycles. The predicted octanol–water partition coefficient (Wildman–Crippen LogP) is 1.50. The second kappa shape index (κ2) is 5.26. The summed E-state index contributed by atoms with van der Waals surface area (Å²) in [4.78, 5) is 4.33. The number of aryl methyl sites for hydroxylation is 1. The third-order valence-corrected chi connectivity index (χ3v) is 3.28. The van der Waals surface area contributed by atoms with Gasteiger partial charge in [0.05, 0.1) is 0 Å². The van der Waals surface area contributed by atoms with Gasteiger partial charge >= 0.3 is 0 Å². The molecule has 0 aliphatic rings. The van der Waals surface area contributed by atoms with E-state index in [1.54, 1.807) is 6.20 Å². The number of nitrogens with two attached hydrogens (primary N) is 1. The van der Waals surface area contributed by atoms with Gasteiger partial charge in [0.2, 0.25) is 5.65 Å². The Bertz CT molecular complexity index is 733. The van der Waals surface area contributed by atoms with Crippen molar-refractivity contribution >= 4 is 11.5 Å². The number of anilines is 1. The SMILES string of the molecule is Cc1nnc2c(NCc3ccccc3CN)nccn12. The molecule has 6 heteroatoms. The first kappa shape index (κ1) is 12.6. The molecule has 3 rings (SSSR count). The highest BCUT2D eigenvalue weighted by atomic mass is 15.3. The highest BCUT2D eigenvalue weighted by Gasteiger charge is 2.08. The van der Waals surface area contributed by atoms with Gasteiger partial charge in [-0.25, -0.2) is 4.98 Å². The Balaban J connectivity index is 1.87. The van der Waals surface area contributed by atoms with Crippen LogP contribution in [-0.2, 0) is 13.1 Å². The maximum atomic E-state index is 5.74. The van der Waals surface area contributed by atoms with E-state index >= 15 is 0 Å². The molecule has 0 spiro atoms. The molecule has 0 fully saturated rings. The maximum absolute atomic E-state index is 5.74. The van der Waals surface area contributed by atoms with Crippen LogP contribution in [0.15, 0.2) is 36.7 Å². The summed E-state index contributed by atoms with van der Waals surface area (Å²) in [6, 6.07) is 8.09. The largest absolute Gasteiger partial charge is 0.363 e. The topological polar surface area (TPSA) is 81.1 Å². The monoisotopic (exact) mass is 268 g/mol. The maximum Gasteiger partial charge on any atom is 0.203 e. The second-order valence-corrected chi connectivity index (χ2v) is 4.54. The molecule has 6 nitrogen and oxygen atoms in total. The van der Waals surface area contributed by atoms with Crippen LogP contribution < -0.4 is 11.1 Å². The van der Waals surface area contributed by atoms with E-state index in [2.05, 4.69) is 26.6 Å². The van der Waals surface area contributed by atoms with Gasteiger partial charge in [-0.15, -0.1) is 10.2 Å². The van der Waals surface area contributed by atoms with Crippen LogP contribution in [-0.4, -0.2) is 19.6 Å². The first-order valence-corrected chi connectivity index (χ1v) is 6.46. The summed E-state index contributed by atoms with van der Waals surface area (Å²) in [6.45, 7) is 3.10. The Morgan fingerprint density at radius 2 is 2.00 bits per heavy atom. The van der Waals surface area contributed by atoms with Gasteiger partial charge in [0.15, 0.2) is 5.82 Å². The number of hydrogen-bond acceptors (Lipinski definition) is 5. The molecule has 0 bridgehead atoms. The summed E-state index contributed by atoms with van der Waals surface area (Å²) < 4.78 is 1.91. The van der Waals surface area contributed by atoms with Crippen LogP contribution in [0.1, 0.15) is 17.0 Å². The zero-order chi connectivity index (χ0) is 13.9. The minimum absolute atomic E-state index is 0.527. The molecule has 0 atom stereocenters. The fourth-order valence-corrected chi connectivity index (χ4v) is 2.17. The summed E-state index contributed by atoms with van der Waals surface area (Å²) >= 11 is 0.